The van der Waals surface area contributed by atoms with E-state index in [0.717, 1.165) is 17.5 Å². The quantitative estimate of drug-likeness (QED) is 0.734. The molecule has 0 saturated carbocycles. The van der Waals surface area contributed by atoms with Crippen molar-refractivity contribution in [3.05, 3.63) is 28.8 Å². The first-order valence-corrected chi connectivity index (χ1v) is 5.33. The Kier molecular flexibility index (Phi) is 4.13. The molecule has 0 saturated heterocycles. The van der Waals surface area contributed by atoms with Crippen molar-refractivity contribution in [3.8, 4) is 5.75 Å². The van der Waals surface area contributed by atoms with Crippen LogP contribution in [0.5, 0.6) is 5.75 Å². The van der Waals surface area contributed by atoms with Crippen LogP contribution in [0.2, 0.25) is 0 Å². The molecule has 0 aliphatic heterocycles. The number of rotatable bonds is 4. The Morgan fingerprint density at radius 1 is 1.27 bits per heavy atom. The molecular formula is C13H19FO. The molecule has 0 N–H and O–H groups in total. The highest BCUT2D eigenvalue weighted by Crippen LogP contribution is 2.27. The number of aryl methyl sites for hydroxylation is 2. The topological polar surface area (TPSA) is 9.23 Å². The van der Waals surface area contributed by atoms with Crippen LogP contribution in [-0.2, 0) is 6.42 Å². The maximum atomic E-state index is 12.2. The third kappa shape index (κ3) is 3.22. The lowest BCUT2D eigenvalue weighted by Gasteiger charge is -2.15. The van der Waals surface area contributed by atoms with Crippen molar-refractivity contribution in [2.45, 2.75) is 34.1 Å². The van der Waals surface area contributed by atoms with Gasteiger partial charge in [-0.05, 0) is 48.9 Å². The van der Waals surface area contributed by atoms with Gasteiger partial charge in [0.05, 0.1) is 0 Å². The maximum Gasteiger partial charge on any atom is 0.228 e. The molecule has 0 bridgehead atoms. The third-order valence-corrected chi connectivity index (χ3v) is 2.40. The Balaban J connectivity index is 3.08. The summed E-state index contributed by atoms with van der Waals surface area (Å²) in [7, 11) is 0. The van der Waals surface area contributed by atoms with Crippen molar-refractivity contribution < 1.29 is 9.13 Å². The Labute approximate surface area is 91.3 Å². The summed E-state index contributed by atoms with van der Waals surface area (Å²) in [5.74, 6) is 1.25. The zero-order valence-corrected chi connectivity index (χ0v) is 9.93. The number of hydrogen-bond acceptors (Lipinski definition) is 1. The summed E-state index contributed by atoms with van der Waals surface area (Å²) in [6.45, 7) is 7.60. The molecule has 0 spiro atoms. The number of benzene rings is 1. The summed E-state index contributed by atoms with van der Waals surface area (Å²) in [6.07, 6.45) is 0.932. The van der Waals surface area contributed by atoms with Crippen molar-refractivity contribution in [3.63, 3.8) is 0 Å². The number of ether oxygens (including phenoxy) is 1. The molecule has 0 heterocycles. The monoisotopic (exact) mass is 210 g/mol. The van der Waals surface area contributed by atoms with Crippen LogP contribution in [-0.4, -0.2) is 6.86 Å². The van der Waals surface area contributed by atoms with Gasteiger partial charge in [-0.25, -0.2) is 4.39 Å². The van der Waals surface area contributed by atoms with Gasteiger partial charge in [0, 0.05) is 0 Å². The van der Waals surface area contributed by atoms with Crippen molar-refractivity contribution in [1.82, 2.24) is 0 Å². The summed E-state index contributed by atoms with van der Waals surface area (Å²) in [4.78, 5) is 0. The second-order valence-corrected chi connectivity index (χ2v) is 4.41. The van der Waals surface area contributed by atoms with Gasteiger partial charge in [-0.1, -0.05) is 19.9 Å². The first-order valence-electron chi connectivity index (χ1n) is 5.33. The Morgan fingerprint density at radius 3 is 2.47 bits per heavy atom. The van der Waals surface area contributed by atoms with E-state index in [1.165, 1.54) is 5.56 Å². The molecule has 0 aromatic heterocycles. The molecule has 84 valence electrons. The van der Waals surface area contributed by atoms with Gasteiger partial charge in [0.25, 0.3) is 0 Å². The van der Waals surface area contributed by atoms with Crippen LogP contribution in [0.15, 0.2) is 12.1 Å². The van der Waals surface area contributed by atoms with Gasteiger partial charge in [-0.3, -0.25) is 0 Å². The van der Waals surface area contributed by atoms with Gasteiger partial charge in [-0.15, -0.1) is 0 Å². The summed E-state index contributed by atoms with van der Waals surface area (Å²) in [5, 5.41) is 0. The van der Waals surface area contributed by atoms with Crippen LogP contribution >= 0.6 is 0 Å². The highest BCUT2D eigenvalue weighted by Gasteiger charge is 2.10. The molecule has 15 heavy (non-hydrogen) atoms. The number of halogens is 1. The molecule has 1 aromatic carbocycles. The lowest BCUT2D eigenvalue weighted by molar-refractivity contribution is 0.189. The SMILES string of the molecule is Cc1cc(C)c(CC(C)C)c(OCF)c1. The van der Waals surface area contributed by atoms with E-state index < -0.39 is 6.86 Å². The van der Waals surface area contributed by atoms with Crippen molar-refractivity contribution in [2.75, 3.05) is 6.86 Å². The van der Waals surface area contributed by atoms with Gasteiger partial charge in [-0.2, -0.15) is 0 Å². The Hall–Kier alpha value is -1.05. The largest absolute Gasteiger partial charge is 0.463 e. The minimum atomic E-state index is -0.756. The highest BCUT2D eigenvalue weighted by atomic mass is 19.1. The van der Waals surface area contributed by atoms with Crippen LogP contribution in [0, 0.1) is 19.8 Å². The highest BCUT2D eigenvalue weighted by molar-refractivity contribution is 5.43. The summed E-state index contributed by atoms with van der Waals surface area (Å²) < 4.78 is 17.3. The van der Waals surface area contributed by atoms with Gasteiger partial charge in [0.1, 0.15) is 5.75 Å². The predicted octanol–water partition coefficient (Wildman–Crippen LogP) is 3.81. The Morgan fingerprint density at radius 2 is 1.93 bits per heavy atom. The first-order chi connectivity index (χ1) is 7.04. The van der Waals surface area contributed by atoms with Crippen LogP contribution in [0.4, 0.5) is 4.39 Å². The molecule has 0 radical (unpaired) electrons. The molecule has 1 nitrogen and oxygen atoms in total. The molecule has 0 fully saturated rings. The van der Waals surface area contributed by atoms with Gasteiger partial charge in [0.15, 0.2) is 0 Å². The minimum Gasteiger partial charge on any atom is -0.463 e. The van der Waals surface area contributed by atoms with Crippen LogP contribution in [0.3, 0.4) is 0 Å². The molecule has 2 heteroatoms. The van der Waals surface area contributed by atoms with Gasteiger partial charge < -0.3 is 4.74 Å². The zero-order chi connectivity index (χ0) is 11.4. The molecule has 0 unspecified atom stereocenters. The van der Waals surface area contributed by atoms with E-state index >= 15 is 0 Å². The predicted molar refractivity (Wildman–Crippen MR) is 61.1 cm³/mol. The van der Waals surface area contributed by atoms with Crippen LogP contribution in [0.1, 0.15) is 30.5 Å². The normalized spacial score (nSPS) is 10.8. The molecular weight excluding hydrogens is 191 g/mol. The molecule has 0 aliphatic rings. The van der Waals surface area contributed by atoms with Crippen molar-refractivity contribution >= 4 is 0 Å². The molecule has 0 atom stereocenters. The number of hydrogen-bond donors (Lipinski definition) is 0. The standard InChI is InChI=1S/C13H19FO/c1-9(2)5-12-11(4)6-10(3)7-13(12)15-8-14/h6-7,9H,5,8H2,1-4H3. The Bertz CT molecular complexity index is 332. The molecule has 1 rings (SSSR count). The fourth-order valence-corrected chi connectivity index (χ4v) is 1.82. The van der Waals surface area contributed by atoms with Gasteiger partial charge in [0.2, 0.25) is 6.86 Å². The smallest absolute Gasteiger partial charge is 0.228 e. The second-order valence-electron chi connectivity index (χ2n) is 4.41. The van der Waals surface area contributed by atoms with E-state index in [0.29, 0.717) is 11.7 Å². The first kappa shape index (κ1) is 12.0. The fourth-order valence-electron chi connectivity index (χ4n) is 1.82. The summed E-state index contributed by atoms with van der Waals surface area (Å²) in [6, 6.07) is 4.02. The number of alkyl halides is 1. The van der Waals surface area contributed by atoms with Crippen LogP contribution < -0.4 is 4.74 Å². The average Bonchev–Trinajstić information content (AvgIpc) is 2.11. The second kappa shape index (κ2) is 5.15. The van der Waals surface area contributed by atoms with E-state index in [2.05, 4.69) is 26.8 Å². The van der Waals surface area contributed by atoms with Gasteiger partial charge >= 0.3 is 0 Å². The molecule has 0 amide bonds. The van der Waals surface area contributed by atoms with E-state index in [9.17, 15) is 4.39 Å². The fraction of sp³-hybridized carbons (Fsp3) is 0.538. The van der Waals surface area contributed by atoms with E-state index in [1.54, 1.807) is 0 Å². The maximum absolute atomic E-state index is 12.2. The van der Waals surface area contributed by atoms with E-state index in [4.69, 9.17) is 4.74 Å². The van der Waals surface area contributed by atoms with Crippen molar-refractivity contribution in [1.29, 1.82) is 0 Å². The zero-order valence-electron chi connectivity index (χ0n) is 9.93. The van der Waals surface area contributed by atoms with Crippen molar-refractivity contribution in [2.24, 2.45) is 5.92 Å². The summed E-state index contributed by atoms with van der Waals surface area (Å²) >= 11 is 0. The lowest BCUT2D eigenvalue weighted by Crippen LogP contribution is -2.03. The van der Waals surface area contributed by atoms with Crippen LogP contribution in [0.25, 0.3) is 0 Å². The van der Waals surface area contributed by atoms with E-state index in [-0.39, 0.29) is 0 Å². The third-order valence-electron chi connectivity index (χ3n) is 2.40. The molecule has 1 aromatic rings. The minimum absolute atomic E-state index is 0.549. The lowest BCUT2D eigenvalue weighted by atomic mass is 9.96. The van der Waals surface area contributed by atoms with E-state index in [1.807, 2.05) is 13.0 Å². The average molecular weight is 210 g/mol. The summed E-state index contributed by atoms with van der Waals surface area (Å²) in [5.41, 5.74) is 3.43. The molecule has 0 aliphatic carbocycles.